The summed E-state index contributed by atoms with van der Waals surface area (Å²) >= 11 is 0. The fourth-order valence-corrected chi connectivity index (χ4v) is 9.16. The van der Waals surface area contributed by atoms with E-state index in [-0.39, 0.29) is 60.2 Å². The third kappa shape index (κ3) is 4.51. The molecule has 3 atom stereocenters. The Labute approximate surface area is 241 Å². The van der Waals surface area contributed by atoms with E-state index < -0.39 is 62.0 Å². The largest absolute Gasteiger partial charge is 0.435 e. The first-order valence-electron chi connectivity index (χ1n) is 13.4. The Morgan fingerprint density at radius 3 is 2.16 bits per heavy atom. The summed E-state index contributed by atoms with van der Waals surface area (Å²) in [6.07, 6.45) is -12.5. The van der Waals surface area contributed by atoms with E-state index in [1.807, 2.05) is 0 Å². The highest BCUT2D eigenvalue weighted by molar-refractivity contribution is 7.92. The number of likely N-dealkylation sites (tertiary alicyclic amines) is 2. The highest BCUT2D eigenvalue weighted by atomic mass is 32.2. The monoisotopic (exact) mass is 638 g/mol. The second-order valence-electron chi connectivity index (χ2n) is 11.1. The number of carbonyl (C=O) groups is 2. The second kappa shape index (κ2) is 10.2. The molecule has 43 heavy (non-hydrogen) atoms. The van der Waals surface area contributed by atoms with E-state index in [0.717, 1.165) is 30.3 Å². The molecule has 6 nitrogen and oxygen atoms in total. The van der Waals surface area contributed by atoms with Gasteiger partial charge in [-0.05, 0) is 67.5 Å². The number of benzene rings is 2. The summed E-state index contributed by atoms with van der Waals surface area (Å²) in [4.78, 5) is 28.3. The summed E-state index contributed by atoms with van der Waals surface area (Å²) in [5, 5.41) is 0. The van der Waals surface area contributed by atoms with Gasteiger partial charge in [-0.3, -0.25) is 9.59 Å². The van der Waals surface area contributed by atoms with Crippen LogP contribution in [0.4, 0.5) is 35.1 Å². The summed E-state index contributed by atoms with van der Waals surface area (Å²) in [5.41, 5.74) is -7.86. The maximum Gasteiger partial charge on any atom is 0.435 e. The van der Waals surface area contributed by atoms with Crippen molar-refractivity contribution in [3.05, 3.63) is 65.0 Å². The number of hydrogen-bond acceptors (Lipinski definition) is 4. The number of piperidine rings is 1. The van der Waals surface area contributed by atoms with Crippen LogP contribution in [0.5, 0.6) is 0 Å². The second-order valence-corrected chi connectivity index (χ2v) is 13.3. The van der Waals surface area contributed by atoms with Gasteiger partial charge in [-0.15, -0.1) is 0 Å². The van der Waals surface area contributed by atoms with Gasteiger partial charge in [0.25, 0.3) is 0 Å². The Kier molecular flexibility index (Phi) is 7.37. The number of nitrogens with zero attached hydrogens (tertiary/aromatic N) is 2. The minimum absolute atomic E-state index is 0.151. The van der Waals surface area contributed by atoms with E-state index >= 15 is 0 Å². The molecule has 0 saturated carbocycles. The molecular formula is C28H26F8N2O4S. The molecule has 15 heteroatoms. The van der Waals surface area contributed by atoms with Gasteiger partial charge in [0, 0.05) is 25.6 Å². The molecule has 2 aromatic rings. The number of rotatable bonds is 4. The molecular weight excluding hydrogens is 612 g/mol. The molecule has 0 N–H and O–H groups in total. The molecule has 2 fully saturated rings. The molecule has 2 saturated heterocycles. The van der Waals surface area contributed by atoms with Crippen LogP contribution in [0.25, 0.3) is 0 Å². The molecule has 2 heterocycles. The number of fused-ring (bicyclic) bond motifs is 3. The Bertz CT molecular complexity index is 1540. The van der Waals surface area contributed by atoms with Crippen LogP contribution in [0.3, 0.4) is 0 Å². The first-order valence-corrected chi connectivity index (χ1v) is 14.9. The molecule has 2 aromatic carbocycles. The number of hydrogen-bond donors (Lipinski definition) is 0. The number of carbonyl (C=O) groups excluding carboxylic acids is 2. The zero-order valence-corrected chi connectivity index (χ0v) is 23.4. The SMILES string of the molecule is CN1C(=O)CCC[C@H]1C(=O)N1CC[C@]2(S(=O)(=O)c3ccc(F)cc3)c3ccc(C(F)(C(F)(F)F)C(F)(F)F)cc3CC[C@H]12. The highest BCUT2D eigenvalue weighted by Crippen LogP contribution is 2.56. The zero-order chi connectivity index (χ0) is 31.8. The minimum atomic E-state index is -6.37. The molecule has 2 aliphatic heterocycles. The lowest BCUT2D eigenvalue weighted by molar-refractivity contribution is -0.348. The zero-order valence-electron chi connectivity index (χ0n) is 22.6. The molecule has 0 spiro atoms. The quantitative estimate of drug-likeness (QED) is 0.335. The maximum atomic E-state index is 15.0. The lowest BCUT2D eigenvalue weighted by Gasteiger charge is -2.44. The smallest absolute Gasteiger partial charge is 0.336 e. The van der Waals surface area contributed by atoms with Crippen LogP contribution >= 0.6 is 0 Å². The predicted octanol–water partition coefficient (Wildman–Crippen LogP) is 5.34. The minimum Gasteiger partial charge on any atom is -0.336 e. The number of likely N-dealkylation sites (N-methyl/N-ethyl adjacent to an activating group) is 1. The van der Waals surface area contributed by atoms with Crippen LogP contribution in [0.1, 0.15) is 48.8 Å². The van der Waals surface area contributed by atoms with Gasteiger partial charge in [0.05, 0.1) is 10.9 Å². The van der Waals surface area contributed by atoms with Gasteiger partial charge >= 0.3 is 18.0 Å². The molecule has 1 aliphatic carbocycles. The first-order chi connectivity index (χ1) is 19.9. The summed E-state index contributed by atoms with van der Waals surface area (Å²) in [6, 6.07) is 3.15. The number of alkyl halides is 7. The number of aryl methyl sites for hydroxylation is 1. The number of amides is 2. The predicted molar refractivity (Wildman–Crippen MR) is 135 cm³/mol. The van der Waals surface area contributed by atoms with Crippen LogP contribution in [-0.4, -0.2) is 68.1 Å². The topological polar surface area (TPSA) is 74.8 Å². The van der Waals surface area contributed by atoms with Crippen molar-refractivity contribution >= 4 is 21.7 Å². The van der Waals surface area contributed by atoms with Gasteiger partial charge in [0.2, 0.25) is 11.8 Å². The normalized spacial score (nSPS) is 25.0. The van der Waals surface area contributed by atoms with E-state index in [1.54, 1.807) is 0 Å². The Hall–Kier alpha value is -3.23. The number of halogens is 8. The molecule has 0 bridgehead atoms. The van der Waals surface area contributed by atoms with Crippen LogP contribution in [0, 0.1) is 5.82 Å². The van der Waals surface area contributed by atoms with Crippen molar-refractivity contribution in [2.24, 2.45) is 0 Å². The maximum absolute atomic E-state index is 15.0. The fourth-order valence-electron chi connectivity index (χ4n) is 6.79. The van der Waals surface area contributed by atoms with Gasteiger partial charge < -0.3 is 9.80 Å². The van der Waals surface area contributed by atoms with E-state index in [2.05, 4.69) is 0 Å². The molecule has 234 valence electrons. The van der Waals surface area contributed by atoms with Crippen molar-refractivity contribution in [1.82, 2.24) is 9.80 Å². The first kappa shape index (κ1) is 31.2. The summed E-state index contributed by atoms with van der Waals surface area (Å²) in [6.45, 7) is -0.151. The summed E-state index contributed by atoms with van der Waals surface area (Å²) in [5.74, 6) is -1.57. The van der Waals surface area contributed by atoms with Gasteiger partial charge in [-0.2, -0.15) is 26.3 Å². The third-order valence-electron chi connectivity index (χ3n) is 8.97. The van der Waals surface area contributed by atoms with Crippen LogP contribution in [0.2, 0.25) is 0 Å². The van der Waals surface area contributed by atoms with Gasteiger partial charge in [-0.1, -0.05) is 18.2 Å². The van der Waals surface area contributed by atoms with Crippen molar-refractivity contribution in [1.29, 1.82) is 0 Å². The fraction of sp³-hybridized carbons (Fsp3) is 0.500. The van der Waals surface area contributed by atoms with Crippen LogP contribution in [-0.2, 0) is 36.3 Å². The van der Waals surface area contributed by atoms with Crippen molar-refractivity contribution in [3.63, 3.8) is 0 Å². The summed E-state index contributed by atoms with van der Waals surface area (Å²) in [7, 11) is -3.15. The molecule has 0 unspecified atom stereocenters. The average Bonchev–Trinajstić information content (AvgIpc) is 3.34. The van der Waals surface area contributed by atoms with E-state index in [0.29, 0.717) is 18.9 Å². The standard InChI is InChI=1S/C28H26F8N2O4S/c1-37-21(3-2-4-23(37)39)24(40)38-14-13-25(43(41,42)19-9-7-18(29)8-10-19)20-11-6-17(15-16(20)5-12-22(25)38)26(30,27(31,32)33)28(34,35)36/h6-11,15,21-22H,2-5,12-14H2,1H3/t21-,22-,25-/m0/s1. The molecule has 0 aromatic heterocycles. The van der Waals surface area contributed by atoms with Gasteiger partial charge in [-0.25, -0.2) is 17.2 Å². The third-order valence-corrected chi connectivity index (χ3v) is 11.5. The number of sulfone groups is 1. The van der Waals surface area contributed by atoms with Crippen molar-refractivity contribution in [2.75, 3.05) is 13.6 Å². The molecule has 3 aliphatic rings. The molecule has 5 rings (SSSR count). The Morgan fingerprint density at radius 2 is 1.56 bits per heavy atom. The van der Waals surface area contributed by atoms with Crippen molar-refractivity contribution < 1.29 is 53.1 Å². The average molecular weight is 639 g/mol. The highest BCUT2D eigenvalue weighted by Gasteiger charge is 2.74. The Morgan fingerprint density at radius 1 is 0.930 bits per heavy atom. The van der Waals surface area contributed by atoms with E-state index in [9.17, 15) is 53.1 Å². The van der Waals surface area contributed by atoms with Gasteiger partial charge in [0.15, 0.2) is 9.84 Å². The van der Waals surface area contributed by atoms with E-state index in [4.69, 9.17) is 0 Å². The molecule has 0 radical (unpaired) electrons. The van der Waals surface area contributed by atoms with Crippen molar-refractivity contribution in [3.8, 4) is 0 Å². The van der Waals surface area contributed by atoms with Gasteiger partial charge in [0.1, 0.15) is 16.6 Å². The Balaban J connectivity index is 1.68. The van der Waals surface area contributed by atoms with Crippen LogP contribution in [0.15, 0.2) is 47.4 Å². The summed E-state index contributed by atoms with van der Waals surface area (Å²) < 4.78 is 137. The molecule has 2 amide bonds. The lowest BCUT2D eigenvalue weighted by Crippen LogP contribution is -2.57. The van der Waals surface area contributed by atoms with Crippen LogP contribution < -0.4 is 0 Å². The van der Waals surface area contributed by atoms with E-state index in [1.165, 1.54) is 16.8 Å². The van der Waals surface area contributed by atoms with Crippen molar-refractivity contribution in [2.45, 2.75) is 78.3 Å². The lowest BCUT2D eigenvalue weighted by atomic mass is 9.76.